The molecule has 0 aliphatic heterocycles. The van der Waals surface area contributed by atoms with E-state index in [1.54, 1.807) is 0 Å². The van der Waals surface area contributed by atoms with Gasteiger partial charge in [-0.1, -0.05) is 18.2 Å². The molecule has 11 heavy (non-hydrogen) atoms. The standard InChI is InChI=1S/C8H7FO2/c9-7-4-2-1-3-6(7)5-8(10)11/h1-4H,5H2,(H,10,11)/i5D2. The lowest BCUT2D eigenvalue weighted by atomic mass is 10.1. The highest BCUT2D eigenvalue weighted by Gasteiger charge is 2.04. The molecule has 0 radical (unpaired) electrons. The quantitative estimate of drug-likeness (QED) is 0.703. The first-order valence-electron chi connectivity index (χ1n) is 3.94. The highest BCUT2D eigenvalue weighted by Crippen LogP contribution is 2.06. The number of hydrogen-bond acceptors (Lipinski definition) is 1. The Bertz CT molecular complexity index is 339. The summed E-state index contributed by atoms with van der Waals surface area (Å²) in [5.41, 5.74) is -0.456. The Labute approximate surface area is 66.1 Å². The van der Waals surface area contributed by atoms with E-state index in [0.717, 1.165) is 12.1 Å². The summed E-state index contributed by atoms with van der Waals surface area (Å²) in [6.45, 7) is 0. The lowest BCUT2D eigenvalue weighted by molar-refractivity contribution is -0.136. The minimum Gasteiger partial charge on any atom is -0.481 e. The molecule has 0 amide bonds. The molecule has 0 aromatic heterocycles. The normalized spacial score (nSPS) is 13.5. The largest absolute Gasteiger partial charge is 0.481 e. The van der Waals surface area contributed by atoms with E-state index >= 15 is 0 Å². The van der Waals surface area contributed by atoms with Crippen LogP contribution in [0.2, 0.25) is 0 Å². The fourth-order valence-electron chi connectivity index (χ4n) is 0.678. The van der Waals surface area contributed by atoms with Gasteiger partial charge in [-0.15, -0.1) is 0 Å². The van der Waals surface area contributed by atoms with Gasteiger partial charge in [0.1, 0.15) is 5.82 Å². The lowest BCUT2D eigenvalue weighted by Crippen LogP contribution is -2.01. The first-order valence-corrected chi connectivity index (χ1v) is 2.94. The van der Waals surface area contributed by atoms with Crippen molar-refractivity contribution in [3.63, 3.8) is 0 Å². The Kier molecular flexibility index (Phi) is 1.51. The Hall–Kier alpha value is -1.38. The van der Waals surface area contributed by atoms with Crippen molar-refractivity contribution in [3.05, 3.63) is 35.6 Å². The summed E-state index contributed by atoms with van der Waals surface area (Å²) in [6, 6.07) is 4.90. The van der Waals surface area contributed by atoms with Crippen molar-refractivity contribution in [2.45, 2.75) is 6.37 Å². The molecule has 0 fully saturated rings. The van der Waals surface area contributed by atoms with Gasteiger partial charge in [0.05, 0.1) is 6.37 Å². The van der Waals surface area contributed by atoms with Crippen LogP contribution in [0.3, 0.4) is 0 Å². The average molecular weight is 156 g/mol. The first kappa shape index (κ1) is 5.29. The van der Waals surface area contributed by atoms with Crippen molar-refractivity contribution in [2.75, 3.05) is 0 Å². The molecule has 0 saturated heterocycles. The van der Waals surface area contributed by atoms with Crippen molar-refractivity contribution in [3.8, 4) is 0 Å². The fourth-order valence-corrected chi connectivity index (χ4v) is 0.678. The second kappa shape index (κ2) is 3.14. The topological polar surface area (TPSA) is 37.3 Å². The molecule has 0 unspecified atom stereocenters. The minimum atomic E-state index is -2.68. The third-order valence-corrected chi connectivity index (χ3v) is 1.12. The number of benzene rings is 1. The average Bonchev–Trinajstić information content (AvgIpc) is 2.04. The highest BCUT2D eigenvalue weighted by atomic mass is 19.1. The zero-order valence-corrected chi connectivity index (χ0v) is 5.54. The van der Waals surface area contributed by atoms with Crippen molar-refractivity contribution in [1.29, 1.82) is 0 Å². The molecular formula is C8H7FO2. The molecular weight excluding hydrogens is 147 g/mol. The van der Waals surface area contributed by atoms with Gasteiger partial charge < -0.3 is 5.11 Å². The Morgan fingerprint density at radius 1 is 1.64 bits per heavy atom. The number of hydrogen-bond donors (Lipinski definition) is 1. The van der Waals surface area contributed by atoms with Gasteiger partial charge in [-0.05, 0) is 11.6 Å². The van der Waals surface area contributed by atoms with E-state index < -0.39 is 23.7 Å². The van der Waals surface area contributed by atoms with E-state index in [9.17, 15) is 9.18 Å². The predicted octanol–water partition coefficient (Wildman–Crippen LogP) is 1.45. The summed E-state index contributed by atoms with van der Waals surface area (Å²) >= 11 is 0. The Morgan fingerprint density at radius 2 is 2.27 bits per heavy atom. The van der Waals surface area contributed by atoms with E-state index in [2.05, 4.69) is 0 Å². The van der Waals surface area contributed by atoms with E-state index in [1.165, 1.54) is 12.1 Å². The van der Waals surface area contributed by atoms with Gasteiger partial charge in [-0.2, -0.15) is 0 Å². The molecule has 0 bridgehead atoms. The molecule has 0 saturated carbocycles. The number of carboxylic acids is 1. The maximum Gasteiger partial charge on any atom is 0.307 e. The molecule has 58 valence electrons. The van der Waals surface area contributed by atoms with Gasteiger partial charge >= 0.3 is 5.97 Å². The van der Waals surface area contributed by atoms with Crippen LogP contribution >= 0.6 is 0 Å². The Balaban J connectivity index is 3.22. The van der Waals surface area contributed by atoms with Crippen molar-refractivity contribution < 1.29 is 17.0 Å². The molecule has 0 aliphatic rings. The van der Waals surface area contributed by atoms with Crippen molar-refractivity contribution >= 4 is 5.97 Å². The molecule has 0 spiro atoms. The van der Waals surface area contributed by atoms with Crippen LogP contribution in [-0.2, 0) is 11.2 Å². The van der Waals surface area contributed by atoms with E-state index in [0.29, 0.717) is 0 Å². The van der Waals surface area contributed by atoms with E-state index in [1.807, 2.05) is 0 Å². The van der Waals surface area contributed by atoms with Gasteiger partial charge in [-0.3, -0.25) is 4.79 Å². The molecule has 0 heterocycles. The molecule has 3 heteroatoms. The summed E-state index contributed by atoms with van der Waals surface area (Å²) in [5.74, 6) is -2.55. The van der Waals surface area contributed by atoms with Crippen LogP contribution in [0.1, 0.15) is 8.30 Å². The van der Waals surface area contributed by atoms with Crippen LogP contribution in [0.15, 0.2) is 24.3 Å². The summed E-state index contributed by atoms with van der Waals surface area (Å²) in [4.78, 5) is 10.4. The summed E-state index contributed by atoms with van der Waals surface area (Å²) < 4.78 is 27.1. The third kappa shape index (κ3) is 2.04. The van der Waals surface area contributed by atoms with Crippen LogP contribution < -0.4 is 0 Å². The van der Waals surface area contributed by atoms with Gasteiger partial charge in [0.15, 0.2) is 0 Å². The highest BCUT2D eigenvalue weighted by molar-refractivity contribution is 5.70. The fraction of sp³-hybridized carbons (Fsp3) is 0.125. The second-order valence-electron chi connectivity index (χ2n) is 1.91. The summed E-state index contributed by atoms with van der Waals surface area (Å²) in [6.07, 6.45) is -2.68. The molecule has 0 aliphatic carbocycles. The monoisotopic (exact) mass is 156 g/mol. The molecule has 1 rings (SSSR count). The van der Waals surface area contributed by atoms with Gasteiger partial charge in [0, 0.05) is 2.74 Å². The Morgan fingerprint density at radius 3 is 2.82 bits per heavy atom. The number of halogens is 1. The van der Waals surface area contributed by atoms with Crippen molar-refractivity contribution in [2.24, 2.45) is 0 Å². The maximum atomic E-state index is 12.9. The maximum absolute atomic E-state index is 12.9. The second-order valence-corrected chi connectivity index (χ2v) is 1.91. The number of rotatable bonds is 2. The molecule has 1 N–H and O–H groups in total. The van der Waals surface area contributed by atoms with Crippen LogP contribution in [-0.4, -0.2) is 11.1 Å². The molecule has 1 aromatic carbocycles. The van der Waals surface area contributed by atoms with Crippen molar-refractivity contribution in [1.82, 2.24) is 0 Å². The summed E-state index contributed by atoms with van der Waals surface area (Å²) in [5, 5.41) is 8.48. The molecule has 1 aromatic rings. The molecule has 2 nitrogen and oxygen atoms in total. The third-order valence-electron chi connectivity index (χ3n) is 1.12. The van der Waals surface area contributed by atoms with Crippen LogP contribution in [0.5, 0.6) is 0 Å². The van der Waals surface area contributed by atoms with Crippen LogP contribution in [0.25, 0.3) is 0 Å². The first-order chi connectivity index (χ1) is 5.96. The van der Waals surface area contributed by atoms with Gasteiger partial charge in [0.25, 0.3) is 0 Å². The van der Waals surface area contributed by atoms with Gasteiger partial charge in [-0.25, -0.2) is 4.39 Å². The van der Waals surface area contributed by atoms with Crippen LogP contribution in [0, 0.1) is 5.82 Å². The van der Waals surface area contributed by atoms with E-state index in [4.69, 9.17) is 7.85 Å². The summed E-state index contributed by atoms with van der Waals surface area (Å²) in [7, 11) is 0. The van der Waals surface area contributed by atoms with E-state index in [-0.39, 0.29) is 0 Å². The number of aliphatic carboxylic acids is 1. The van der Waals surface area contributed by atoms with Gasteiger partial charge in [0.2, 0.25) is 0 Å². The smallest absolute Gasteiger partial charge is 0.307 e. The number of carboxylic acid groups (broad SMARTS) is 1. The lowest BCUT2D eigenvalue weighted by Gasteiger charge is -1.96. The molecule has 0 atom stereocenters. The number of carbonyl (C=O) groups is 1. The SMILES string of the molecule is [2H]C([2H])(C(=O)O)c1ccccc1F. The zero-order valence-electron chi connectivity index (χ0n) is 7.54. The van der Waals surface area contributed by atoms with Crippen LogP contribution in [0.4, 0.5) is 4.39 Å². The minimum absolute atomic E-state index is 0.456. The predicted molar refractivity (Wildman–Crippen MR) is 37.7 cm³/mol. The zero-order chi connectivity index (χ0) is 10.1.